The number of anilines is 1. The number of benzene rings is 2. The maximum atomic E-state index is 13.8. The molecule has 2 aromatic carbocycles. The lowest BCUT2D eigenvalue weighted by atomic mass is 9.94. The van der Waals surface area contributed by atoms with Gasteiger partial charge < -0.3 is 15.0 Å². The predicted molar refractivity (Wildman–Crippen MR) is 130 cm³/mol. The van der Waals surface area contributed by atoms with E-state index in [1.807, 2.05) is 46.8 Å². The lowest BCUT2D eigenvalue weighted by Crippen LogP contribution is -2.49. The van der Waals surface area contributed by atoms with E-state index in [0.29, 0.717) is 43.1 Å². The molecule has 2 aliphatic heterocycles. The van der Waals surface area contributed by atoms with E-state index in [1.165, 1.54) is 0 Å². The maximum absolute atomic E-state index is 13.8. The Labute approximate surface area is 196 Å². The van der Waals surface area contributed by atoms with Crippen LogP contribution in [0.25, 0.3) is 0 Å². The highest BCUT2D eigenvalue weighted by atomic mass is 32.2. The van der Waals surface area contributed by atoms with Gasteiger partial charge in [-0.05, 0) is 75.6 Å². The highest BCUT2D eigenvalue weighted by molar-refractivity contribution is 7.89. The minimum atomic E-state index is -3.63. The Morgan fingerprint density at radius 2 is 1.58 bits per heavy atom. The van der Waals surface area contributed by atoms with Crippen molar-refractivity contribution in [2.24, 2.45) is 0 Å². The van der Waals surface area contributed by atoms with Gasteiger partial charge in [-0.1, -0.05) is 0 Å². The van der Waals surface area contributed by atoms with Crippen molar-refractivity contribution in [2.45, 2.75) is 51.5 Å². The second kappa shape index (κ2) is 8.33. The Bertz CT molecular complexity index is 1200. The molecule has 1 amide bonds. The van der Waals surface area contributed by atoms with Crippen LogP contribution in [-0.2, 0) is 16.4 Å². The van der Waals surface area contributed by atoms with E-state index in [0.717, 1.165) is 33.7 Å². The average Bonchev–Trinajstić information content (AvgIpc) is 3.13. The van der Waals surface area contributed by atoms with Crippen LogP contribution in [-0.4, -0.2) is 57.5 Å². The van der Waals surface area contributed by atoms with Gasteiger partial charge in [-0.25, -0.2) is 8.42 Å². The van der Waals surface area contributed by atoms with Crippen LogP contribution < -0.4 is 15.0 Å². The van der Waals surface area contributed by atoms with Crippen LogP contribution in [0.3, 0.4) is 0 Å². The summed E-state index contributed by atoms with van der Waals surface area (Å²) in [6.45, 7) is 11.8. The van der Waals surface area contributed by atoms with Crippen molar-refractivity contribution >= 4 is 21.6 Å². The summed E-state index contributed by atoms with van der Waals surface area (Å²) in [4.78, 5) is 14.4. The minimum absolute atomic E-state index is 0.123. The molecular weight excluding hydrogens is 438 g/mol. The number of ether oxygens (including phenoxy) is 1. The smallest absolute Gasteiger partial charge is 0.251 e. The van der Waals surface area contributed by atoms with Crippen LogP contribution in [0, 0.1) is 20.8 Å². The fraction of sp³-hybridized carbons (Fsp3) is 0.480. The Morgan fingerprint density at radius 3 is 2.15 bits per heavy atom. The predicted octanol–water partition coefficient (Wildman–Crippen LogP) is 3.20. The number of sulfonamides is 1. The maximum Gasteiger partial charge on any atom is 0.251 e. The zero-order valence-corrected chi connectivity index (χ0v) is 21.1. The third kappa shape index (κ3) is 4.10. The molecule has 0 bridgehead atoms. The van der Waals surface area contributed by atoms with Crippen molar-refractivity contribution in [3.05, 3.63) is 52.1 Å². The standard InChI is InChI=1S/C25H33N3O4S/c1-16-17(2)23(18(3)21-15-25(4,5)32-22(16)21)33(30,31)28-13-11-27(12-14-28)20-9-7-19(8-10-20)24(29)26-6/h7-10H,11-15H2,1-6H3,(H,26,29). The molecule has 0 saturated carbocycles. The highest BCUT2D eigenvalue weighted by Gasteiger charge is 2.38. The van der Waals surface area contributed by atoms with Crippen LogP contribution in [0.1, 0.15) is 46.5 Å². The van der Waals surface area contributed by atoms with Gasteiger partial charge in [0.1, 0.15) is 11.4 Å². The zero-order chi connectivity index (χ0) is 24.1. The van der Waals surface area contributed by atoms with E-state index in [1.54, 1.807) is 23.5 Å². The summed E-state index contributed by atoms with van der Waals surface area (Å²) in [5.74, 6) is 0.723. The first kappa shape index (κ1) is 23.6. The van der Waals surface area contributed by atoms with E-state index in [-0.39, 0.29) is 11.5 Å². The van der Waals surface area contributed by atoms with Crippen LogP contribution in [0.4, 0.5) is 5.69 Å². The van der Waals surface area contributed by atoms with E-state index < -0.39 is 10.0 Å². The van der Waals surface area contributed by atoms with Crippen molar-refractivity contribution in [3.8, 4) is 5.75 Å². The number of amides is 1. The lowest BCUT2D eigenvalue weighted by molar-refractivity contribution is 0.0963. The highest BCUT2D eigenvalue weighted by Crippen LogP contribution is 2.44. The molecule has 2 aromatic rings. The van der Waals surface area contributed by atoms with Gasteiger partial charge in [0.2, 0.25) is 10.0 Å². The molecule has 2 heterocycles. The van der Waals surface area contributed by atoms with Gasteiger partial charge in [-0.2, -0.15) is 4.31 Å². The topological polar surface area (TPSA) is 79.0 Å². The number of nitrogens with one attached hydrogen (secondary N) is 1. The molecule has 0 aromatic heterocycles. The molecular formula is C25H33N3O4S. The Balaban J connectivity index is 1.56. The number of rotatable bonds is 4. The van der Waals surface area contributed by atoms with Crippen molar-refractivity contribution in [2.75, 3.05) is 38.1 Å². The van der Waals surface area contributed by atoms with E-state index in [4.69, 9.17) is 4.74 Å². The van der Waals surface area contributed by atoms with Crippen molar-refractivity contribution < 1.29 is 17.9 Å². The number of fused-ring (bicyclic) bond motifs is 1. The molecule has 0 aliphatic carbocycles. The third-order valence-corrected chi connectivity index (χ3v) is 9.02. The second-order valence-electron chi connectivity index (χ2n) is 9.57. The number of carbonyl (C=O) groups is 1. The first-order valence-corrected chi connectivity index (χ1v) is 12.8. The summed E-state index contributed by atoms with van der Waals surface area (Å²) in [6, 6.07) is 7.41. The van der Waals surface area contributed by atoms with Gasteiger partial charge in [0.25, 0.3) is 5.91 Å². The molecule has 7 nitrogen and oxygen atoms in total. The van der Waals surface area contributed by atoms with Crippen LogP contribution in [0.5, 0.6) is 5.75 Å². The SMILES string of the molecule is CNC(=O)c1ccc(N2CCN(S(=O)(=O)c3c(C)c(C)c4c(c3C)CC(C)(C)O4)CC2)cc1. The van der Waals surface area contributed by atoms with Gasteiger partial charge in [0.15, 0.2) is 0 Å². The first-order chi connectivity index (χ1) is 15.5. The molecule has 0 unspecified atom stereocenters. The summed E-state index contributed by atoms with van der Waals surface area (Å²) in [5.41, 5.74) is 4.77. The number of carbonyl (C=O) groups excluding carboxylic acids is 1. The molecule has 1 saturated heterocycles. The zero-order valence-electron chi connectivity index (χ0n) is 20.3. The largest absolute Gasteiger partial charge is 0.487 e. The third-order valence-electron chi connectivity index (χ3n) is 6.85. The molecule has 33 heavy (non-hydrogen) atoms. The molecule has 178 valence electrons. The quantitative estimate of drug-likeness (QED) is 0.741. The molecule has 0 radical (unpaired) electrons. The van der Waals surface area contributed by atoms with Gasteiger partial charge in [-0.15, -0.1) is 0 Å². The van der Waals surface area contributed by atoms with Gasteiger partial charge in [0.05, 0.1) is 4.90 Å². The fourth-order valence-electron chi connectivity index (χ4n) is 4.92. The normalized spacial score (nSPS) is 18.1. The summed E-state index contributed by atoms with van der Waals surface area (Å²) in [7, 11) is -2.03. The van der Waals surface area contributed by atoms with E-state index >= 15 is 0 Å². The average molecular weight is 472 g/mol. The number of hydrogen-bond acceptors (Lipinski definition) is 5. The van der Waals surface area contributed by atoms with E-state index in [2.05, 4.69) is 10.2 Å². The number of hydrogen-bond donors (Lipinski definition) is 1. The minimum Gasteiger partial charge on any atom is -0.487 e. The van der Waals surface area contributed by atoms with Crippen molar-refractivity contribution in [3.63, 3.8) is 0 Å². The molecule has 0 spiro atoms. The molecule has 0 atom stereocenters. The summed E-state index contributed by atoms with van der Waals surface area (Å²) in [5, 5.41) is 2.62. The monoisotopic (exact) mass is 471 g/mol. The number of nitrogens with zero attached hydrogens (tertiary/aromatic N) is 2. The van der Waals surface area contributed by atoms with Crippen LogP contribution >= 0.6 is 0 Å². The molecule has 8 heteroatoms. The van der Waals surface area contributed by atoms with E-state index in [9.17, 15) is 13.2 Å². The molecule has 1 fully saturated rings. The summed E-state index contributed by atoms with van der Waals surface area (Å²) < 4.78 is 35.3. The van der Waals surface area contributed by atoms with Crippen molar-refractivity contribution in [1.82, 2.24) is 9.62 Å². The molecule has 4 rings (SSSR count). The van der Waals surface area contributed by atoms with Gasteiger partial charge >= 0.3 is 0 Å². The second-order valence-corrected chi connectivity index (χ2v) is 11.4. The fourth-order valence-corrected chi connectivity index (χ4v) is 6.87. The van der Waals surface area contributed by atoms with Gasteiger partial charge in [0, 0.05) is 56.5 Å². The lowest BCUT2D eigenvalue weighted by Gasteiger charge is -2.36. The molecule has 2 aliphatic rings. The van der Waals surface area contributed by atoms with Crippen LogP contribution in [0.15, 0.2) is 29.2 Å². The first-order valence-electron chi connectivity index (χ1n) is 11.3. The summed E-state index contributed by atoms with van der Waals surface area (Å²) >= 11 is 0. The van der Waals surface area contributed by atoms with Crippen molar-refractivity contribution in [1.29, 1.82) is 0 Å². The van der Waals surface area contributed by atoms with Gasteiger partial charge in [-0.3, -0.25) is 4.79 Å². The number of piperazine rings is 1. The Morgan fingerprint density at radius 1 is 0.970 bits per heavy atom. The molecule has 1 N–H and O–H groups in total. The van der Waals surface area contributed by atoms with Crippen LogP contribution in [0.2, 0.25) is 0 Å². The Kier molecular flexibility index (Phi) is 5.95. The Hall–Kier alpha value is -2.58. The summed E-state index contributed by atoms with van der Waals surface area (Å²) in [6.07, 6.45) is 0.706.